The second kappa shape index (κ2) is 10.9. The van der Waals surface area contributed by atoms with Gasteiger partial charge in [0.2, 0.25) is 17.7 Å². The van der Waals surface area contributed by atoms with Crippen LogP contribution in [0.15, 0.2) is 0 Å². The van der Waals surface area contributed by atoms with Gasteiger partial charge in [0.15, 0.2) is 0 Å². The second-order valence-electron chi connectivity index (χ2n) is 4.51. The number of amides is 3. The van der Waals surface area contributed by atoms with E-state index in [9.17, 15) is 19.2 Å². The van der Waals surface area contributed by atoms with E-state index in [1.807, 2.05) is 6.26 Å². The summed E-state index contributed by atoms with van der Waals surface area (Å²) in [6.07, 6.45) is 2.40. The summed E-state index contributed by atoms with van der Waals surface area (Å²) in [5.74, 6) is -2.08. The predicted molar refractivity (Wildman–Crippen MR) is 82.2 cm³/mol. The Bertz CT molecular complexity index is 418. The van der Waals surface area contributed by atoms with E-state index in [-0.39, 0.29) is 6.54 Å². The molecule has 2 atom stereocenters. The molecule has 0 rings (SSSR count). The molecule has 0 aliphatic carbocycles. The fourth-order valence-corrected chi connectivity index (χ4v) is 1.81. The van der Waals surface area contributed by atoms with Gasteiger partial charge in [-0.1, -0.05) is 0 Å². The van der Waals surface area contributed by atoms with Crippen LogP contribution in [0.5, 0.6) is 0 Å². The van der Waals surface area contributed by atoms with Crippen molar-refractivity contribution in [3.63, 3.8) is 0 Å². The molecule has 0 aromatic carbocycles. The molecule has 10 heteroatoms. The number of carbonyl (C=O) groups is 4. The molecule has 0 aromatic rings. The average molecular weight is 334 g/mol. The minimum atomic E-state index is -1.18. The summed E-state index contributed by atoms with van der Waals surface area (Å²) in [5, 5.41) is 15.2. The molecule has 0 saturated heterocycles. The minimum Gasteiger partial charge on any atom is -0.480 e. The lowest BCUT2D eigenvalue weighted by Crippen LogP contribution is -2.51. The zero-order valence-corrected chi connectivity index (χ0v) is 13.4. The van der Waals surface area contributed by atoms with Gasteiger partial charge in [-0.05, 0) is 25.4 Å². The van der Waals surface area contributed by atoms with E-state index < -0.39 is 42.3 Å². The number of nitrogens with one attached hydrogen (secondary N) is 3. The number of rotatable bonds is 10. The van der Waals surface area contributed by atoms with Crippen LogP contribution in [-0.2, 0) is 19.2 Å². The first kappa shape index (κ1) is 20.2. The standard InChI is InChI=1S/C12H22N4O5S/c1-7(16-12(21)8(13)3-4-22-2)11(20)15-5-9(17)14-6-10(18)19/h7-8H,3-6,13H2,1-2H3,(H,14,17)(H,15,20)(H,16,21)(H,18,19)/t7-,8-/m0/s1. The van der Waals surface area contributed by atoms with Crippen LogP contribution in [0.3, 0.4) is 0 Å². The molecule has 0 saturated carbocycles. The summed E-state index contributed by atoms with van der Waals surface area (Å²) in [6, 6.07) is -1.54. The van der Waals surface area contributed by atoms with Crippen LogP contribution in [0.2, 0.25) is 0 Å². The third-order valence-electron chi connectivity index (χ3n) is 2.58. The fourth-order valence-electron chi connectivity index (χ4n) is 1.32. The van der Waals surface area contributed by atoms with E-state index in [1.165, 1.54) is 6.92 Å². The molecule has 3 amide bonds. The first-order chi connectivity index (χ1) is 10.3. The lowest BCUT2D eigenvalue weighted by Gasteiger charge is -2.17. The van der Waals surface area contributed by atoms with Gasteiger partial charge in [-0.25, -0.2) is 0 Å². The first-order valence-corrected chi connectivity index (χ1v) is 7.98. The normalized spacial score (nSPS) is 12.9. The lowest BCUT2D eigenvalue weighted by molar-refractivity contribution is -0.138. The third-order valence-corrected chi connectivity index (χ3v) is 3.23. The van der Waals surface area contributed by atoms with Gasteiger partial charge in [-0.2, -0.15) is 11.8 Å². The largest absolute Gasteiger partial charge is 0.480 e. The maximum Gasteiger partial charge on any atom is 0.322 e. The fraction of sp³-hybridized carbons (Fsp3) is 0.667. The van der Waals surface area contributed by atoms with E-state index in [4.69, 9.17) is 10.8 Å². The van der Waals surface area contributed by atoms with Gasteiger partial charge in [0, 0.05) is 0 Å². The predicted octanol–water partition coefficient (Wildman–Crippen LogP) is -2.11. The summed E-state index contributed by atoms with van der Waals surface area (Å²) in [6.45, 7) is 0.569. The lowest BCUT2D eigenvalue weighted by atomic mass is 10.2. The van der Waals surface area contributed by atoms with E-state index in [0.717, 1.165) is 5.75 Å². The van der Waals surface area contributed by atoms with E-state index in [0.29, 0.717) is 6.42 Å². The molecule has 9 nitrogen and oxygen atoms in total. The summed E-state index contributed by atoms with van der Waals surface area (Å²) >= 11 is 1.56. The molecule has 0 aliphatic heterocycles. The van der Waals surface area contributed by atoms with Crippen molar-refractivity contribution in [2.45, 2.75) is 25.4 Å². The first-order valence-electron chi connectivity index (χ1n) is 6.59. The summed E-state index contributed by atoms with van der Waals surface area (Å²) < 4.78 is 0. The van der Waals surface area contributed by atoms with Gasteiger partial charge in [0.25, 0.3) is 0 Å². The van der Waals surface area contributed by atoms with Crippen LogP contribution < -0.4 is 21.7 Å². The SMILES string of the molecule is CSCC[C@H](N)C(=O)N[C@@H](C)C(=O)NCC(=O)NCC(=O)O. The third kappa shape index (κ3) is 9.19. The Morgan fingerprint density at radius 3 is 2.32 bits per heavy atom. The highest BCUT2D eigenvalue weighted by molar-refractivity contribution is 7.98. The molecule has 0 radical (unpaired) electrons. The molecule has 0 aromatic heterocycles. The molecule has 0 spiro atoms. The van der Waals surface area contributed by atoms with Gasteiger partial charge in [0.05, 0.1) is 12.6 Å². The molecule has 6 N–H and O–H groups in total. The Kier molecular flexibility index (Phi) is 9.96. The Labute approximate surface area is 132 Å². The maximum absolute atomic E-state index is 11.7. The van der Waals surface area contributed by atoms with Crippen molar-refractivity contribution < 1.29 is 24.3 Å². The van der Waals surface area contributed by atoms with Gasteiger partial charge in [-0.15, -0.1) is 0 Å². The van der Waals surface area contributed by atoms with Crippen LogP contribution in [0.1, 0.15) is 13.3 Å². The zero-order valence-electron chi connectivity index (χ0n) is 12.5. The molecule has 0 bridgehead atoms. The van der Waals surface area contributed by atoms with Gasteiger partial charge in [0.1, 0.15) is 12.6 Å². The Balaban J connectivity index is 4.08. The number of aliphatic carboxylic acids is 1. The van der Waals surface area contributed by atoms with Crippen molar-refractivity contribution in [1.29, 1.82) is 0 Å². The van der Waals surface area contributed by atoms with Crippen molar-refractivity contribution in [3.05, 3.63) is 0 Å². The molecule has 22 heavy (non-hydrogen) atoms. The van der Waals surface area contributed by atoms with Crippen molar-refractivity contribution in [1.82, 2.24) is 16.0 Å². The van der Waals surface area contributed by atoms with Crippen LogP contribution in [0.4, 0.5) is 0 Å². The molecular weight excluding hydrogens is 312 g/mol. The molecular formula is C12H22N4O5S. The number of hydrogen-bond donors (Lipinski definition) is 5. The highest BCUT2D eigenvalue weighted by Gasteiger charge is 2.20. The molecule has 0 fully saturated rings. The molecule has 0 heterocycles. The second-order valence-corrected chi connectivity index (χ2v) is 5.49. The van der Waals surface area contributed by atoms with E-state index in [1.54, 1.807) is 11.8 Å². The number of carbonyl (C=O) groups excluding carboxylic acids is 3. The monoisotopic (exact) mass is 334 g/mol. The highest BCUT2D eigenvalue weighted by Crippen LogP contribution is 1.99. The van der Waals surface area contributed by atoms with Crippen molar-refractivity contribution >= 4 is 35.5 Å². The smallest absolute Gasteiger partial charge is 0.322 e. The number of thioether (sulfide) groups is 1. The number of nitrogens with two attached hydrogens (primary N) is 1. The Hall–Kier alpha value is -1.81. The molecule has 126 valence electrons. The van der Waals surface area contributed by atoms with Crippen LogP contribution in [0, 0.1) is 0 Å². The number of carboxylic acid groups (broad SMARTS) is 1. The van der Waals surface area contributed by atoms with E-state index in [2.05, 4.69) is 16.0 Å². The van der Waals surface area contributed by atoms with E-state index >= 15 is 0 Å². The Morgan fingerprint density at radius 1 is 1.14 bits per heavy atom. The van der Waals surface area contributed by atoms with Crippen molar-refractivity contribution in [2.24, 2.45) is 5.73 Å². The summed E-state index contributed by atoms with van der Waals surface area (Å²) in [4.78, 5) is 44.9. The van der Waals surface area contributed by atoms with Crippen LogP contribution in [0.25, 0.3) is 0 Å². The molecule has 0 unspecified atom stereocenters. The number of carboxylic acids is 1. The Morgan fingerprint density at radius 2 is 1.77 bits per heavy atom. The minimum absolute atomic E-state index is 0.370. The van der Waals surface area contributed by atoms with Crippen LogP contribution >= 0.6 is 11.8 Å². The van der Waals surface area contributed by atoms with Gasteiger partial charge < -0.3 is 26.8 Å². The van der Waals surface area contributed by atoms with Crippen molar-refractivity contribution in [3.8, 4) is 0 Å². The van der Waals surface area contributed by atoms with Gasteiger partial charge in [-0.3, -0.25) is 19.2 Å². The quantitative estimate of drug-likeness (QED) is 0.307. The number of hydrogen-bond acceptors (Lipinski definition) is 6. The summed E-state index contributed by atoms with van der Waals surface area (Å²) in [5.41, 5.74) is 5.66. The summed E-state index contributed by atoms with van der Waals surface area (Å²) in [7, 11) is 0. The topological polar surface area (TPSA) is 151 Å². The molecule has 0 aliphatic rings. The van der Waals surface area contributed by atoms with Gasteiger partial charge >= 0.3 is 5.97 Å². The zero-order chi connectivity index (χ0) is 17.1. The van der Waals surface area contributed by atoms with Crippen molar-refractivity contribution in [2.75, 3.05) is 25.1 Å². The highest BCUT2D eigenvalue weighted by atomic mass is 32.2. The average Bonchev–Trinajstić information content (AvgIpc) is 2.47. The van der Waals surface area contributed by atoms with Crippen LogP contribution in [-0.4, -0.2) is 66.0 Å². The maximum atomic E-state index is 11.7.